The molecule has 1 amide bonds. The lowest BCUT2D eigenvalue weighted by atomic mass is 9.73. The second kappa shape index (κ2) is 11.0. The molecule has 1 saturated heterocycles. The zero-order valence-corrected chi connectivity index (χ0v) is 19.5. The number of nitrogens with one attached hydrogen (secondary N) is 1. The van der Waals surface area contributed by atoms with Crippen molar-refractivity contribution in [1.29, 1.82) is 0 Å². The Morgan fingerprint density at radius 2 is 1.91 bits per heavy atom. The summed E-state index contributed by atoms with van der Waals surface area (Å²) >= 11 is 0. The Morgan fingerprint density at radius 1 is 1.31 bits per heavy atom. The van der Waals surface area contributed by atoms with Gasteiger partial charge in [0.2, 0.25) is 5.91 Å². The molecule has 13 heteroatoms. The van der Waals surface area contributed by atoms with E-state index in [0.29, 0.717) is 0 Å². The topological polar surface area (TPSA) is 151 Å². The summed E-state index contributed by atoms with van der Waals surface area (Å²) in [5, 5.41) is 15.3. The van der Waals surface area contributed by atoms with Crippen LogP contribution in [0.3, 0.4) is 0 Å². The number of carboxylic acid groups (broad SMARTS) is 1. The summed E-state index contributed by atoms with van der Waals surface area (Å²) in [5.74, 6) is -6.81. The number of carbonyl (C=O) groups is 3. The summed E-state index contributed by atoms with van der Waals surface area (Å²) in [6, 6.07) is 3.59. The van der Waals surface area contributed by atoms with Crippen LogP contribution in [0, 0.1) is 11.8 Å². The monoisotopic (exact) mass is 500 g/mol. The first-order chi connectivity index (χ1) is 16.3. The standard InChI is InChI=1S/C22H27F3N4O6/c1-5-11(2)16(34-19(31)13-9-7-6-8-10-13)17-14(22(23,24)25)15(27-12(3)30)18(28-29-26)21(4,35-17)20(32)33/h6-11,14-18H,5H2,1-4H3,(H,27,30)(H,32,33)/t11-,14-,15-,16-,17?,18?,21-/m1/s1. The van der Waals surface area contributed by atoms with Gasteiger partial charge in [-0.05, 0) is 36.9 Å². The third-order valence-corrected chi connectivity index (χ3v) is 6.16. The molecule has 2 N–H and O–H groups in total. The van der Waals surface area contributed by atoms with Crippen molar-refractivity contribution in [1.82, 2.24) is 5.32 Å². The highest BCUT2D eigenvalue weighted by Gasteiger charge is 2.65. The number of alkyl halides is 3. The molecule has 35 heavy (non-hydrogen) atoms. The van der Waals surface area contributed by atoms with Crippen molar-refractivity contribution in [2.24, 2.45) is 17.0 Å². The first kappa shape index (κ1) is 27.9. The highest BCUT2D eigenvalue weighted by Crippen LogP contribution is 2.46. The number of halogens is 3. The zero-order chi connectivity index (χ0) is 26.6. The normalized spacial score (nSPS) is 28.2. The van der Waals surface area contributed by atoms with Gasteiger partial charge in [0.25, 0.3) is 0 Å². The lowest BCUT2D eigenvalue weighted by Gasteiger charge is -2.51. The van der Waals surface area contributed by atoms with Gasteiger partial charge in [0.1, 0.15) is 18.1 Å². The molecule has 10 nitrogen and oxygen atoms in total. The van der Waals surface area contributed by atoms with E-state index < -0.39 is 65.8 Å². The maximum absolute atomic E-state index is 14.5. The smallest absolute Gasteiger partial charge is 0.396 e. The van der Waals surface area contributed by atoms with Gasteiger partial charge in [-0.2, -0.15) is 13.2 Å². The van der Waals surface area contributed by atoms with Gasteiger partial charge in [-0.3, -0.25) is 4.79 Å². The van der Waals surface area contributed by atoms with Crippen molar-refractivity contribution >= 4 is 17.8 Å². The molecule has 7 atom stereocenters. The molecule has 0 radical (unpaired) electrons. The minimum absolute atomic E-state index is 0.0755. The third-order valence-electron chi connectivity index (χ3n) is 6.16. The fourth-order valence-electron chi connectivity index (χ4n) is 4.15. The summed E-state index contributed by atoms with van der Waals surface area (Å²) in [4.78, 5) is 39.3. The number of aliphatic carboxylic acids is 1. The molecule has 2 rings (SSSR count). The van der Waals surface area contributed by atoms with E-state index >= 15 is 0 Å². The van der Waals surface area contributed by atoms with Crippen LogP contribution in [-0.2, 0) is 19.1 Å². The summed E-state index contributed by atoms with van der Waals surface area (Å²) in [5.41, 5.74) is 6.57. The highest BCUT2D eigenvalue weighted by atomic mass is 19.4. The Morgan fingerprint density at radius 3 is 2.37 bits per heavy atom. The number of esters is 1. The number of carboxylic acids is 1. The van der Waals surface area contributed by atoms with Gasteiger partial charge in [0.15, 0.2) is 5.60 Å². The number of nitrogens with zero attached hydrogens (tertiary/aromatic N) is 3. The van der Waals surface area contributed by atoms with Gasteiger partial charge in [0.05, 0.1) is 17.6 Å². The molecular weight excluding hydrogens is 473 g/mol. The minimum Gasteiger partial charge on any atom is -0.479 e. The molecule has 2 unspecified atom stereocenters. The molecule has 0 aromatic heterocycles. The van der Waals surface area contributed by atoms with Crippen molar-refractivity contribution in [2.45, 2.75) is 70.2 Å². The number of rotatable bonds is 8. The maximum atomic E-state index is 14.5. The van der Waals surface area contributed by atoms with Crippen molar-refractivity contribution in [3.63, 3.8) is 0 Å². The van der Waals surface area contributed by atoms with E-state index in [9.17, 15) is 32.7 Å². The van der Waals surface area contributed by atoms with Crippen LogP contribution in [0.2, 0.25) is 0 Å². The van der Waals surface area contributed by atoms with Crippen LogP contribution in [0.15, 0.2) is 35.4 Å². The van der Waals surface area contributed by atoms with Crippen molar-refractivity contribution in [3.8, 4) is 0 Å². The van der Waals surface area contributed by atoms with E-state index in [-0.39, 0.29) is 12.0 Å². The summed E-state index contributed by atoms with van der Waals surface area (Å²) in [6.07, 6.45) is -8.40. The molecule has 1 fully saturated rings. The number of hydrogen-bond acceptors (Lipinski definition) is 6. The maximum Gasteiger partial charge on any atom is 0.396 e. The van der Waals surface area contributed by atoms with Crippen LogP contribution in [0.25, 0.3) is 10.4 Å². The molecule has 0 spiro atoms. The number of hydrogen-bond donors (Lipinski definition) is 2. The van der Waals surface area contributed by atoms with E-state index in [1.807, 2.05) is 0 Å². The Labute approximate surface area is 199 Å². The van der Waals surface area contributed by atoms with E-state index in [0.717, 1.165) is 13.8 Å². The third kappa shape index (κ3) is 6.04. The Balaban J connectivity index is 2.70. The van der Waals surface area contributed by atoms with Gasteiger partial charge in [-0.15, -0.1) is 0 Å². The molecule has 1 aliphatic heterocycles. The van der Waals surface area contributed by atoms with E-state index in [4.69, 9.17) is 15.0 Å². The molecule has 1 aliphatic rings. The van der Waals surface area contributed by atoms with Crippen LogP contribution < -0.4 is 5.32 Å². The van der Waals surface area contributed by atoms with Gasteiger partial charge in [-0.1, -0.05) is 37.2 Å². The van der Waals surface area contributed by atoms with Crippen molar-refractivity contribution in [2.75, 3.05) is 0 Å². The molecule has 0 aliphatic carbocycles. The average Bonchev–Trinajstić information content (AvgIpc) is 2.78. The highest BCUT2D eigenvalue weighted by molar-refractivity contribution is 5.89. The molecule has 1 aromatic rings. The van der Waals surface area contributed by atoms with Crippen LogP contribution in [0.4, 0.5) is 13.2 Å². The number of benzene rings is 1. The molecule has 1 aromatic carbocycles. The first-order valence-electron chi connectivity index (χ1n) is 10.8. The first-order valence-corrected chi connectivity index (χ1v) is 10.8. The van der Waals surface area contributed by atoms with Gasteiger partial charge >= 0.3 is 18.1 Å². The lowest BCUT2D eigenvalue weighted by Crippen LogP contribution is -2.72. The fourth-order valence-corrected chi connectivity index (χ4v) is 4.15. The quantitative estimate of drug-likeness (QED) is 0.239. The van der Waals surface area contributed by atoms with Crippen molar-refractivity contribution in [3.05, 3.63) is 46.3 Å². The average molecular weight is 500 g/mol. The molecule has 192 valence electrons. The van der Waals surface area contributed by atoms with Crippen LogP contribution in [0.1, 0.15) is 44.5 Å². The minimum atomic E-state index is -5.06. The zero-order valence-electron chi connectivity index (χ0n) is 19.5. The predicted molar refractivity (Wildman–Crippen MR) is 116 cm³/mol. The SMILES string of the molecule is CC[C@@H](C)[C@@H](OC(=O)c1ccccc1)C1O[C@@](C)(C(=O)O)C(N=[N+]=[N-])[C@H](NC(C)=O)[C@H]1C(F)(F)F. The second-order valence-electron chi connectivity index (χ2n) is 8.56. The summed E-state index contributed by atoms with van der Waals surface area (Å²) in [7, 11) is 0. The Kier molecular flexibility index (Phi) is 8.74. The predicted octanol–water partition coefficient (Wildman–Crippen LogP) is 3.86. The van der Waals surface area contributed by atoms with Crippen LogP contribution in [0.5, 0.6) is 0 Å². The largest absolute Gasteiger partial charge is 0.479 e. The summed E-state index contributed by atoms with van der Waals surface area (Å²) in [6.45, 7) is 5.09. The number of ether oxygens (including phenoxy) is 2. The Hall–Kier alpha value is -3.31. The fraction of sp³-hybridized carbons (Fsp3) is 0.591. The number of amides is 1. The van der Waals surface area contributed by atoms with E-state index in [1.165, 1.54) is 19.1 Å². The van der Waals surface area contributed by atoms with Gasteiger partial charge in [0, 0.05) is 11.8 Å². The lowest BCUT2D eigenvalue weighted by molar-refractivity contribution is -0.282. The molecular formula is C22H27F3N4O6. The Bertz CT molecular complexity index is 985. The van der Waals surface area contributed by atoms with Gasteiger partial charge < -0.3 is 19.9 Å². The summed E-state index contributed by atoms with van der Waals surface area (Å²) < 4.78 is 54.5. The van der Waals surface area contributed by atoms with Crippen LogP contribution >= 0.6 is 0 Å². The van der Waals surface area contributed by atoms with E-state index in [1.54, 1.807) is 25.1 Å². The molecule has 0 bridgehead atoms. The van der Waals surface area contributed by atoms with E-state index in [2.05, 4.69) is 15.3 Å². The number of azide groups is 1. The molecule has 1 heterocycles. The number of carbonyl (C=O) groups excluding carboxylic acids is 2. The van der Waals surface area contributed by atoms with Crippen molar-refractivity contribution < 1.29 is 42.1 Å². The van der Waals surface area contributed by atoms with Gasteiger partial charge in [-0.25, -0.2) is 9.59 Å². The second-order valence-corrected chi connectivity index (χ2v) is 8.56. The molecule has 0 saturated carbocycles. The van der Waals surface area contributed by atoms with Crippen LogP contribution in [-0.4, -0.2) is 59.0 Å².